The van der Waals surface area contributed by atoms with Crippen molar-refractivity contribution in [3.8, 4) is 0 Å². The Kier molecular flexibility index (Phi) is 7.79. The van der Waals surface area contributed by atoms with Crippen LogP contribution in [0.2, 0.25) is 0 Å². The highest BCUT2D eigenvalue weighted by Gasteiger charge is 2.07. The molecule has 2 aromatic rings. The summed E-state index contributed by atoms with van der Waals surface area (Å²) < 4.78 is 0. The summed E-state index contributed by atoms with van der Waals surface area (Å²) in [6, 6.07) is 12.9. The summed E-state index contributed by atoms with van der Waals surface area (Å²) >= 11 is 0. The van der Waals surface area contributed by atoms with Crippen LogP contribution in [0.5, 0.6) is 0 Å². The molecule has 0 bridgehead atoms. The minimum atomic E-state index is -0.209. The molecule has 1 aromatic carbocycles. The second kappa shape index (κ2) is 10.6. The van der Waals surface area contributed by atoms with Gasteiger partial charge in [0.25, 0.3) is 0 Å². The molecule has 7 heteroatoms. The third-order valence-corrected chi connectivity index (χ3v) is 3.50. The van der Waals surface area contributed by atoms with Crippen LogP contribution in [-0.4, -0.2) is 35.8 Å². The van der Waals surface area contributed by atoms with Gasteiger partial charge in [-0.15, -0.1) is 0 Å². The van der Waals surface area contributed by atoms with Crippen molar-refractivity contribution in [1.29, 1.82) is 0 Å². The lowest BCUT2D eigenvalue weighted by molar-refractivity contribution is -0.122. The lowest BCUT2D eigenvalue weighted by atomic mass is 10.1. The van der Waals surface area contributed by atoms with Gasteiger partial charge >= 0.3 is 0 Å². The maximum Gasteiger partial charge on any atom is 0.226 e. The lowest BCUT2D eigenvalue weighted by Gasteiger charge is -2.07. The molecule has 0 fully saturated rings. The van der Waals surface area contributed by atoms with E-state index in [1.54, 1.807) is 24.5 Å². The number of rotatable bonds is 9. The van der Waals surface area contributed by atoms with Crippen molar-refractivity contribution < 1.29 is 14.4 Å². The van der Waals surface area contributed by atoms with Gasteiger partial charge < -0.3 is 16.0 Å². The molecule has 136 valence electrons. The monoisotopic (exact) mass is 354 g/mol. The first-order valence-corrected chi connectivity index (χ1v) is 8.40. The number of carbonyl (C=O) groups excluding carboxylic acids is 3. The van der Waals surface area contributed by atoms with E-state index in [0.717, 1.165) is 5.56 Å². The topological polar surface area (TPSA) is 100 Å². The van der Waals surface area contributed by atoms with Gasteiger partial charge in [0.1, 0.15) is 0 Å². The highest BCUT2D eigenvalue weighted by Crippen LogP contribution is 2.02. The summed E-state index contributed by atoms with van der Waals surface area (Å²) in [6.45, 7) is 0.502. The Morgan fingerprint density at radius 3 is 2.19 bits per heavy atom. The maximum absolute atomic E-state index is 11.8. The van der Waals surface area contributed by atoms with Crippen LogP contribution >= 0.6 is 0 Å². The molecule has 3 N–H and O–H groups in total. The second-order valence-corrected chi connectivity index (χ2v) is 5.65. The molecular weight excluding hydrogens is 332 g/mol. The quantitative estimate of drug-likeness (QED) is 0.631. The van der Waals surface area contributed by atoms with Crippen LogP contribution in [0.1, 0.15) is 18.4 Å². The Morgan fingerprint density at radius 2 is 1.50 bits per heavy atom. The van der Waals surface area contributed by atoms with Crippen molar-refractivity contribution in [2.45, 2.75) is 19.3 Å². The van der Waals surface area contributed by atoms with E-state index in [2.05, 4.69) is 20.9 Å². The van der Waals surface area contributed by atoms with E-state index in [9.17, 15) is 14.4 Å². The number of aromatic nitrogens is 1. The molecule has 0 aliphatic rings. The fourth-order valence-electron chi connectivity index (χ4n) is 2.22. The number of carbonyl (C=O) groups is 3. The molecule has 1 aromatic heterocycles. The molecule has 0 unspecified atom stereocenters. The summed E-state index contributed by atoms with van der Waals surface area (Å²) in [5, 5.41) is 8.05. The van der Waals surface area contributed by atoms with Crippen molar-refractivity contribution in [3.05, 3.63) is 60.4 Å². The van der Waals surface area contributed by atoms with Crippen molar-refractivity contribution in [1.82, 2.24) is 15.6 Å². The number of pyridine rings is 1. The Bertz CT molecular complexity index is 659. The normalized spacial score (nSPS) is 10.0. The molecule has 0 spiro atoms. The Morgan fingerprint density at radius 1 is 0.808 bits per heavy atom. The van der Waals surface area contributed by atoms with E-state index in [4.69, 9.17) is 0 Å². The summed E-state index contributed by atoms with van der Waals surface area (Å²) in [5.74, 6) is -0.534. The Hall–Kier alpha value is -3.22. The van der Waals surface area contributed by atoms with E-state index < -0.39 is 0 Å². The number of benzene rings is 1. The van der Waals surface area contributed by atoms with Gasteiger partial charge in [-0.2, -0.15) is 0 Å². The van der Waals surface area contributed by atoms with E-state index in [0.29, 0.717) is 5.69 Å². The molecule has 3 amide bonds. The third-order valence-electron chi connectivity index (χ3n) is 3.50. The first kappa shape index (κ1) is 19.1. The number of amides is 3. The summed E-state index contributed by atoms with van der Waals surface area (Å²) in [5.41, 5.74) is 1.54. The molecule has 2 rings (SSSR count). The molecule has 0 aliphatic heterocycles. The summed E-state index contributed by atoms with van der Waals surface area (Å²) in [6.07, 6.45) is 3.80. The molecule has 7 nitrogen and oxygen atoms in total. The van der Waals surface area contributed by atoms with Gasteiger partial charge in [0.05, 0.1) is 18.3 Å². The molecule has 0 atom stereocenters. The average molecular weight is 354 g/mol. The first-order chi connectivity index (χ1) is 12.6. The number of nitrogens with zero attached hydrogens (tertiary/aromatic N) is 1. The van der Waals surface area contributed by atoms with Crippen molar-refractivity contribution in [3.63, 3.8) is 0 Å². The van der Waals surface area contributed by atoms with Crippen LogP contribution in [-0.2, 0) is 20.8 Å². The van der Waals surface area contributed by atoms with Gasteiger partial charge in [-0.1, -0.05) is 30.3 Å². The zero-order chi connectivity index (χ0) is 18.6. The number of nitrogens with one attached hydrogen (secondary N) is 3. The Labute approximate surface area is 152 Å². The van der Waals surface area contributed by atoms with E-state index in [1.165, 1.54) is 0 Å². The maximum atomic E-state index is 11.8. The predicted octanol–water partition coefficient (Wildman–Crippen LogP) is 1.28. The number of anilines is 1. The Balaban J connectivity index is 1.54. The third kappa shape index (κ3) is 7.57. The van der Waals surface area contributed by atoms with Crippen LogP contribution < -0.4 is 16.0 Å². The molecule has 0 saturated heterocycles. The van der Waals surface area contributed by atoms with Gasteiger partial charge in [-0.05, 0) is 17.7 Å². The molecule has 0 saturated carbocycles. The molecular formula is C19H22N4O3. The standard InChI is InChI=1S/C19H22N4O3/c24-17(8-11-22-19(26)13-15-5-2-1-3-6-15)21-12-9-18(25)23-16-7-4-10-20-14-16/h1-7,10,14H,8-9,11-13H2,(H,21,24)(H,22,26)(H,23,25). The number of hydrogen-bond donors (Lipinski definition) is 3. The predicted molar refractivity (Wildman–Crippen MR) is 98.3 cm³/mol. The van der Waals surface area contributed by atoms with Gasteiger partial charge in [0.15, 0.2) is 0 Å². The zero-order valence-electron chi connectivity index (χ0n) is 14.4. The second-order valence-electron chi connectivity index (χ2n) is 5.65. The fraction of sp³-hybridized carbons (Fsp3) is 0.263. The molecule has 0 radical (unpaired) electrons. The van der Waals surface area contributed by atoms with Crippen LogP contribution in [0.25, 0.3) is 0 Å². The smallest absolute Gasteiger partial charge is 0.226 e. The SMILES string of the molecule is O=C(CCNC(=O)Cc1ccccc1)NCCC(=O)Nc1cccnc1. The van der Waals surface area contributed by atoms with E-state index in [1.807, 2.05) is 30.3 Å². The lowest BCUT2D eigenvalue weighted by Crippen LogP contribution is -2.32. The van der Waals surface area contributed by atoms with Gasteiger partial charge in [0.2, 0.25) is 17.7 Å². The van der Waals surface area contributed by atoms with Crippen LogP contribution in [0.3, 0.4) is 0 Å². The zero-order valence-corrected chi connectivity index (χ0v) is 14.4. The van der Waals surface area contributed by atoms with Crippen LogP contribution in [0.15, 0.2) is 54.9 Å². The van der Waals surface area contributed by atoms with Crippen LogP contribution in [0, 0.1) is 0 Å². The highest BCUT2D eigenvalue weighted by atomic mass is 16.2. The largest absolute Gasteiger partial charge is 0.356 e. The first-order valence-electron chi connectivity index (χ1n) is 8.40. The van der Waals surface area contributed by atoms with Crippen LogP contribution in [0.4, 0.5) is 5.69 Å². The minimum absolute atomic E-state index is 0.125. The molecule has 26 heavy (non-hydrogen) atoms. The fourth-order valence-corrected chi connectivity index (χ4v) is 2.22. The van der Waals surface area contributed by atoms with Gasteiger partial charge in [0, 0.05) is 32.1 Å². The summed E-state index contributed by atoms with van der Waals surface area (Å²) in [4.78, 5) is 39.1. The van der Waals surface area contributed by atoms with Gasteiger partial charge in [-0.25, -0.2) is 0 Å². The van der Waals surface area contributed by atoms with Gasteiger partial charge in [-0.3, -0.25) is 19.4 Å². The van der Waals surface area contributed by atoms with Crippen molar-refractivity contribution in [2.75, 3.05) is 18.4 Å². The average Bonchev–Trinajstić information content (AvgIpc) is 2.63. The van der Waals surface area contributed by atoms with Crippen molar-refractivity contribution in [2.24, 2.45) is 0 Å². The molecule has 0 aliphatic carbocycles. The highest BCUT2D eigenvalue weighted by molar-refractivity contribution is 5.91. The summed E-state index contributed by atoms with van der Waals surface area (Å²) in [7, 11) is 0. The minimum Gasteiger partial charge on any atom is -0.356 e. The van der Waals surface area contributed by atoms with Crippen molar-refractivity contribution >= 4 is 23.4 Å². The molecule has 1 heterocycles. The van der Waals surface area contributed by atoms with E-state index >= 15 is 0 Å². The number of hydrogen-bond acceptors (Lipinski definition) is 4. The van der Waals surface area contributed by atoms with E-state index in [-0.39, 0.29) is 50.1 Å².